The number of para-hydroxylation sites is 2. The summed E-state index contributed by atoms with van der Waals surface area (Å²) >= 11 is 0. The van der Waals surface area contributed by atoms with Crippen molar-refractivity contribution in [2.45, 2.75) is 18.0 Å². The smallest absolute Gasteiger partial charge is 0.251 e. The average Bonchev–Trinajstić information content (AvgIpc) is 3.45. The van der Waals surface area contributed by atoms with Gasteiger partial charge in [-0.05, 0) is 48.0 Å². The summed E-state index contributed by atoms with van der Waals surface area (Å²) in [6.45, 7) is 0.432. The van der Waals surface area contributed by atoms with Crippen LogP contribution in [0.1, 0.15) is 21.7 Å². The van der Waals surface area contributed by atoms with Crippen LogP contribution >= 0.6 is 0 Å². The molecule has 9 nitrogen and oxygen atoms in total. The molecule has 4 aromatic rings. The number of aryl methyl sites for hydroxylation is 1. The maximum atomic E-state index is 12.8. The van der Waals surface area contributed by atoms with E-state index >= 15 is 0 Å². The summed E-state index contributed by atoms with van der Waals surface area (Å²) in [4.78, 5) is 17.3. The Morgan fingerprint density at radius 1 is 1.00 bits per heavy atom. The van der Waals surface area contributed by atoms with E-state index in [0.29, 0.717) is 17.3 Å². The number of hydrogen-bond donors (Lipinski definition) is 2. The standard InChI is InChI=1S/C24H22N4O5S/c1-28-20-8-3-2-7-19(20)27-23(28)14-25-24(29)17-5-4-6-18(12-17)34(30,31)26-13-16-9-10-21-22(11-16)33-15-32-21/h2-12,26H,13-15H2,1H3,(H,25,29). The molecule has 0 fully saturated rings. The molecule has 0 saturated heterocycles. The number of benzene rings is 3. The summed E-state index contributed by atoms with van der Waals surface area (Å²) in [5.41, 5.74) is 2.78. The maximum absolute atomic E-state index is 12.8. The molecule has 1 aliphatic heterocycles. The van der Waals surface area contributed by atoms with Gasteiger partial charge in [0.15, 0.2) is 11.5 Å². The summed E-state index contributed by atoms with van der Waals surface area (Å²) in [5.74, 6) is 1.52. The second kappa shape index (κ2) is 8.81. The number of aromatic nitrogens is 2. The second-order valence-corrected chi connectivity index (χ2v) is 9.57. The van der Waals surface area contributed by atoms with Crippen molar-refractivity contribution in [3.05, 3.63) is 83.7 Å². The van der Waals surface area contributed by atoms with Gasteiger partial charge in [0.05, 0.1) is 22.5 Å². The lowest BCUT2D eigenvalue weighted by Crippen LogP contribution is -2.26. The van der Waals surface area contributed by atoms with Crippen molar-refractivity contribution in [3.8, 4) is 11.5 Å². The Bertz CT molecular complexity index is 1500. The number of nitrogens with one attached hydrogen (secondary N) is 2. The molecular formula is C24H22N4O5S. The van der Waals surface area contributed by atoms with Crippen LogP contribution in [0.3, 0.4) is 0 Å². The number of ether oxygens (including phenoxy) is 2. The SMILES string of the molecule is Cn1c(CNC(=O)c2cccc(S(=O)(=O)NCc3ccc4c(c3)OCO4)c2)nc2ccccc21. The number of carbonyl (C=O) groups excluding carboxylic acids is 1. The first-order chi connectivity index (χ1) is 16.4. The molecule has 2 heterocycles. The third-order valence-electron chi connectivity index (χ3n) is 5.60. The highest BCUT2D eigenvalue weighted by Crippen LogP contribution is 2.32. The van der Waals surface area contributed by atoms with Crippen LogP contribution in [0, 0.1) is 0 Å². The lowest BCUT2D eigenvalue weighted by molar-refractivity contribution is 0.0949. The molecule has 0 unspecified atom stereocenters. The Labute approximate surface area is 196 Å². The Balaban J connectivity index is 1.26. The van der Waals surface area contributed by atoms with Crippen LogP contribution in [0.2, 0.25) is 0 Å². The van der Waals surface area contributed by atoms with Crippen LogP contribution in [0.4, 0.5) is 0 Å². The monoisotopic (exact) mass is 478 g/mol. The number of nitrogens with zero attached hydrogens (tertiary/aromatic N) is 2. The zero-order valence-corrected chi connectivity index (χ0v) is 19.1. The Morgan fingerprint density at radius 2 is 1.82 bits per heavy atom. The topological polar surface area (TPSA) is 112 Å². The number of sulfonamides is 1. The van der Waals surface area contributed by atoms with Crippen molar-refractivity contribution < 1.29 is 22.7 Å². The van der Waals surface area contributed by atoms with E-state index in [2.05, 4.69) is 15.0 Å². The minimum Gasteiger partial charge on any atom is -0.454 e. The van der Waals surface area contributed by atoms with Gasteiger partial charge in [-0.1, -0.05) is 24.3 Å². The molecule has 10 heteroatoms. The Kier molecular flexibility index (Phi) is 5.68. The molecule has 0 aliphatic carbocycles. The number of amides is 1. The number of fused-ring (bicyclic) bond motifs is 2. The van der Waals surface area contributed by atoms with Gasteiger partial charge >= 0.3 is 0 Å². The summed E-state index contributed by atoms with van der Waals surface area (Å²) in [6, 6.07) is 18.8. The molecule has 0 atom stereocenters. The minimum absolute atomic E-state index is 0.00336. The normalized spacial score (nSPS) is 12.7. The summed E-state index contributed by atoms with van der Waals surface area (Å²) < 4.78 is 40.7. The highest BCUT2D eigenvalue weighted by Gasteiger charge is 2.18. The van der Waals surface area contributed by atoms with Gasteiger partial charge in [-0.2, -0.15) is 0 Å². The van der Waals surface area contributed by atoms with E-state index in [4.69, 9.17) is 9.47 Å². The van der Waals surface area contributed by atoms with Crippen LogP contribution in [0.15, 0.2) is 71.6 Å². The number of hydrogen-bond acceptors (Lipinski definition) is 6. The van der Waals surface area contributed by atoms with Crippen molar-refractivity contribution in [1.82, 2.24) is 19.6 Å². The van der Waals surface area contributed by atoms with Crippen molar-refractivity contribution in [3.63, 3.8) is 0 Å². The zero-order valence-electron chi connectivity index (χ0n) is 18.3. The number of carbonyl (C=O) groups is 1. The summed E-state index contributed by atoms with van der Waals surface area (Å²) in [5, 5.41) is 2.81. The fraction of sp³-hybridized carbons (Fsp3) is 0.167. The molecule has 3 aromatic carbocycles. The van der Waals surface area contributed by atoms with E-state index in [0.717, 1.165) is 16.6 Å². The van der Waals surface area contributed by atoms with E-state index in [1.807, 2.05) is 35.9 Å². The van der Waals surface area contributed by atoms with E-state index in [1.165, 1.54) is 12.1 Å². The third kappa shape index (κ3) is 4.33. The van der Waals surface area contributed by atoms with Gasteiger partial charge in [-0.25, -0.2) is 18.1 Å². The zero-order chi connectivity index (χ0) is 23.7. The molecule has 1 amide bonds. The molecule has 0 bridgehead atoms. The van der Waals surface area contributed by atoms with E-state index in [-0.39, 0.29) is 36.2 Å². The van der Waals surface area contributed by atoms with Crippen LogP contribution in [-0.4, -0.2) is 30.7 Å². The molecule has 0 spiro atoms. The molecule has 5 rings (SSSR count). The first-order valence-electron chi connectivity index (χ1n) is 10.6. The van der Waals surface area contributed by atoms with Gasteiger partial charge in [0.2, 0.25) is 16.8 Å². The fourth-order valence-corrected chi connectivity index (χ4v) is 4.80. The molecule has 1 aromatic heterocycles. The Morgan fingerprint density at radius 3 is 2.68 bits per heavy atom. The van der Waals surface area contributed by atoms with Crippen LogP contribution in [0.5, 0.6) is 11.5 Å². The predicted octanol–water partition coefficient (Wildman–Crippen LogP) is 2.71. The van der Waals surface area contributed by atoms with E-state index in [1.54, 1.807) is 30.3 Å². The first kappa shape index (κ1) is 21.9. The molecule has 2 N–H and O–H groups in total. The first-order valence-corrected chi connectivity index (χ1v) is 12.1. The van der Waals surface area contributed by atoms with Crippen molar-refractivity contribution in [1.29, 1.82) is 0 Å². The summed E-state index contributed by atoms with van der Waals surface area (Å²) in [6.07, 6.45) is 0. The van der Waals surface area contributed by atoms with E-state index in [9.17, 15) is 13.2 Å². The largest absolute Gasteiger partial charge is 0.454 e. The van der Waals surface area contributed by atoms with Crippen molar-refractivity contribution in [2.75, 3.05) is 6.79 Å². The quantitative estimate of drug-likeness (QED) is 0.423. The van der Waals surface area contributed by atoms with Gasteiger partial charge in [0.25, 0.3) is 5.91 Å². The third-order valence-corrected chi connectivity index (χ3v) is 7.00. The van der Waals surface area contributed by atoms with Gasteiger partial charge in [-0.3, -0.25) is 4.79 Å². The van der Waals surface area contributed by atoms with Gasteiger partial charge in [0.1, 0.15) is 5.82 Å². The highest BCUT2D eigenvalue weighted by molar-refractivity contribution is 7.89. The minimum atomic E-state index is -3.84. The molecule has 0 saturated carbocycles. The van der Waals surface area contributed by atoms with Crippen molar-refractivity contribution >= 4 is 27.0 Å². The van der Waals surface area contributed by atoms with Crippen LogP contribution in [0.25, 0.3) is 11.0 Å². The predicted molar refractivity (Wildman–Crippen MR) is 125 cm³/mol. The summed E-state index contributed by atoms with van der Waals surface area (Å²) in [7, 11) is -1.95. The number of imidazole rings is 1. The molecular weight excluding hydrogens is 456 g/mol. The van der Waals surface area contributed by atoms with Crippen LogP contribution in [-0.2, 0) is 30.2 Å². The lowest BCUT2D eigenvalue weighted by Gasteiger charge is -2.10. The average molecular weight is 479 g/mol. The molecule has 174 valence electrons. The van der Waals surface area contributed by atoms with Crippen LogP contribution < -0.4 is 19.5 Å². The molecule has 1 aliphatic rings. The van der Waals surface area contributed by atoms with E-state index < -0.39 is 10.0 Å². The highest BCUT2D eigenvalue weighted by atomic mass is 32.2. The number of rotatable bonds is 7. The maximum Gasteiger partial charge on any atom is 0.251 e. The van der Waals surface area contributed by atoms with Gasteiger partial charge < -0.3 is 19.4 Å². The Hall–Kier alpha value is -3.89. The van der Waals surface area contributed by atoms with Crippen molar-refractivity contribution in [2.24, 2.45) is 7.05 Å². The fourth-order valence-electron chi connectivity index (χ4n) is 3.73. The molecule has 34 heavy (non-hydrogen) atoms. The van der Waals surface area contributed by atoms with Gasteiger partial charge in [0, 0.05) is 19.2 Å². The lowest BCUT2D eigenvalue weighted by atomic mass is 10.2. The van der Waals surface area contributed by atoms with Gasteiger partial charge in [-0.15, -0.1) is 0 Å². The second-order valence-electron chi connectivity index (χ2n) is 7.80. The molecule has 0 radical (unpaired) electrons.